The van der Waals surface area contributed by atoms with E-state index < -0.39 is 0 Å². The largest absolute Gasteiger partial charge is 0.490 e. The molecule has 0 saturated heterocycles. The third-order valence-corrected chi connectivity index (χ3v) is 5.06. The van der Waals surface area contributed by atoms with Gasteiger partial charge in [-0.05, 0) is 31.9 Å². The summed E-state index contributed by atoms with van der Waals surface area (Å²) >= 11 is 3.04. The van der Waals surface area contributed by atoms with Crippen molar-refractivity contribution >= 4 is 34.1 Å². The van der Waals surface area contributed by atoms with Crippen LogP contribution in [0.3, 0.4) is 0 Å². The van der Waals surface area contributed by atoms with E-state index in [0.717, 1.165) is 10.1 Å². The quantitative estimate of drug-likeness (QED) is 0.594. The van der Waals surface area contributed by atoms with Crippen molar-refractivity contribution < 1.29 is 9.53 Å². The van der Waals surface area contributed by atoms with Crippen LogP contribution in [0.15, 0.2) is 28.6 Å². The molecule has 1 aromatic carbocycles. The van der Waals surface area contributed by atoms with E-state index in [9.17, 15) is 4.79 Å². The number of hydrogen-bond acceptors (Lipinski definition) is 6. The molecule has 1 amide bonds. The molecule has 1 aromatic heterocycles. The maximum atomic E-state index is 12.4. The predicted octanol–water partition coefficient (Wildman–Crippen LogP) is 4.33. The van der Waals surface area contributed by atoms with Crippen molar-refractivity contribution in [3.8, 4) is 5.75 Å². The summed E-state index contributed by atoms with van der Waals surface area (Å²) in [4.78, 5) is 12.4. The van der Waals surface area contributed by atoms with Gasteiger partial charge < -0.3 is 4.74 Å². The molecule has 0 aliphatic rings. The van der Waals surface area contributed by atoms with Gasteiger partial charge >= 0.3 is 0 Å². The second kappa shape index (κ2) is 8.31. The fourth-order valence-corrected chi connectivity index (χ4v) is 3.46. The summed E-state index contributed by atoms with van der Waals surface area (Å²) in [7, 11) is 0. The molecule has 0 aliphatic heterocycles. The fourth-order valence-electron chi connectivity index (χ4n) is 1.73. The number of hydrogen-bond donors (Lipinski definition) is 1. The minimum Gasteiger partial charge on any atom is -0.490 e. The van der Waals surface area contributed by atoms with Crippen molar-refractivity contribution in [3.63, 3.8) is 0 Å². The number of ether oxygens (including phenoxy) is 1. The normalized spacial score (nSPS) is 11.0. The number of thioether (sulfide) groups is 1. The number of benzene rings is 1. The van der Waals surface area contributed by atoms with Crippen LogP contribution in [0.5, 0.6) is 5.75 Å². The van der Waals surface area contributed by atoms with E-state index >= 15 is 0 Å². The van der Waals surface area contributed by atoms with E-state index in [4.69, 9.17) is 4.74 Å². The van der Waals surface area contributed by atoms with Crippen LogP contribution in [0, 0.1) is 5.92 Å². The Bertz CT molecular complexity index is 656. The Morgan fingerprint density at radius 3 is 2.70 bits per heavy atom. The van der Waals surface area contributed by atoms with Gasteiger partial charge in [0.2, 0.25) is 5.13 Å². The zero-order chi connectivity index (χ0) is 16.8. The smallest absolute Gasteiger partial charge is 0.261 e. The van der Waals surface area contributed by atoms with Gasteiger partial charge in [0.1, 0.15) is 5.75 Å². The summed E-state index contributed by atoms with van der Waals surface area (Å²) in [5, 5.41) is 11.4. The highest BCUT2D eigenvalue weighted by atomic mass is 32.2. The van der Waals surface area contributed by atoms with Gasteiger partial charge in [0, 0.05) is 5.75 Å². The third kappa shape index (κ3) is 5.51. The lowest BCUT2D eigenvalue weighted by molar-refractivity contribution is 0.102. The number of anilines is 1. The van der Waals surface area contributed by atoms with Crippen molar-refractivity contribution in [2.75, 3.05) is 11.1 Å². The Morgan fingerprint density at radius 1 is 1.26 bits per heavy atom. The Labute approximate surface area is 144 Å². The summed E-state index contributed by atoms with van der Waals surface area (Å²) in [6.07, 6.45) is 0.00418. The molecule has 5 nitrogen and oxygen atoms in total. The first kappa shape index (κ1) is 17.7. The van der Waals surface area contributed by atoms with Crippen LogP contribution < -0.4 is 10.1 Å². The number of amides is 1. The summed E-state index contributed by atoms with van der Waals surface area (Å²) in [6.45, 7) is 8.17. The first-order valence-electron chi connectivity index (χ1n) is 7.49. The Morgan fingerprint density at radius 2 is 2.00 bits per heavy atom. The minimum absolute atomic E-state index is 0.00418. The zero-order valence-corrected chi connectivity index (χ0v) is 15.3. The molecule has 0 radical (unpaired) electrons. The molecule has 1 N–H and O–H groups in total. The van der Waals surface area contributed by atoms with Crippen LogP contribution in [-0.4, -0.2) is 28.0 Å². The van der Waals surface area contributed by atoms with Gasteiger partial charge in [-0.2, -0.15) is 0 Å². The number of carbonyl (C=O) groups excluding carboxylic acids is 1. The van der Waals surface area contributed by atoms with Gasteiger partial charge in [0.15, 0.2) is 4.34 Å². The average molecular weight is 351 g/mol. The molecule has 0 spiro atoms. The van der Waals surface area contributed by atoms with Gasteiger partial charge in [-0.15, -0.1) is 10.2 Å². The summed E-state index contributed by atoms with van der Waals surface area (Å²) < 4.78 is 6.54. The Hall–Kier alpha value is -1.60. The molecule has 0 unspecified atom stereocenters. The second-order valence-electron chi connectivity index (χ2n) is 5.69. The lowest BCUT2D eigenvalue weighted by Gasteiger charge is -2.13. The molecule has 0 aliphatic carbocycles. The SMILES string of the molecule is CC(C)CSc1nnc(NC(=O)c2ccccc2OC(C)C)s1. The van der Waals surface area contributed by atoms with Crippen LogP contribution in [-0.2, 0) is 0 Å². The summed E-state index contributed by atoms with van der Waals surface area (Å²) in [5.74, 6) is 1.90. The molecule has 7 heteroatoms. The topological polar surface area (TPSA) is 64.1 Å². The van der Waals surface area contributed by atoms with Crippen molar-refractivity contribution in [1.82, 2.24) is 10.2 Å². The molecule has 1 heterocycles. The van der Waals surface area contributed by atoms with Crippen LogP contribution in [0.1, 0.15) is 38.1 Å². The number of para-hydroxylation sites is 1. The average Bonchev–Trinajstić information content (AvgIpc) is 2.92. The standard InChI is InChI=1S/C16H21N3O2S2/c1-10(2)9-22-16-19-18-15(23-16)17-14(20)12-7-5-6-8-13(12)21-11(3)4/h5-8,10-11H,9H2,1-4H3,(H,17,18,20). The molecular weight excluding hydrogens is 330 g/mol. The van der Waals surface area contributed by atoms with Crippen LogP contribution in [0.4, 0.5) is 5.13 Å². The van der Waals surface area contributed by atoms with Crippen molar-refractivity contribution in [1.29, 1.82) is 0 Å². The monoisotopic (exact) mass is 351 g/mol. The van der Waals surface area contributed by atoms with E-state index in [1.54, 1.807) is 23.9 Å². The molecule has 0 bridgehead atoms. The summed E-state index contributed by atoms with van der Waals surface area (Å²) in [5.41, 5.74) is 0.493. The van der Waals surface area contributed by atoms with E-state index in [2.05, 4.69) is 29.4 Å². The third-order valence-electron chi connectivity index (χ3n) is 2.66. The highest BCUT2D eigenvalue weighted by molar-refractivity contribution is 8.01. The first-order valence-corrected chi connectivity index (χ1v) is 9.29. The van der Waals surface area contributed by atoms with Gasteiger partial charge in [-0.3, -0.25) is 10.1 Å². The van der Waals surface area contributed by atoms with Gasteiger partial charge in [0.25, 0.3) is 5.91 Å². The Balaban J connectivity index is 2.05. The predicted molar refractivity (Wildman–Crippen MR) is 95.6 cm³/mol. The molecule has 2 aromatic rings. The molecule has 23 heavy (non-hydrogen) atoms. The lowest BCUT2D eigenvalue weighted by Crippen LogP contribution is -2.15. The van der Waals surface area contributed by atoms with E-state index in [1.807, 2.05) is 26.0 Å². The number of nitrogens with one attached hydrogen (secondary N) is 1. The molecule has 0 atom stereocenters. The molecule has 2 rings (SSSR count). The van der Waals surface area contributed by atoms with E-state index in [0.29, 0.717) is 22.4 Å². The Kier molecular flexibility index (Phi) is 6.41. The van der Waals surface area contributed by atoms with Crippen LogP contribution >= 0.6 is 23.1 Å². The second-order valence-corrected chi connectivity index (χ2v) is 7.94. The zero-order valence-electron chi connectivity index (χ0n) is 13.7. The van der Waals surface area contributed by atoms with E-state index in [-0.39, 0.29) is 12.0 Å². The van der Waals surface area contributed by atoms with Crippen molar-refractivity contribution in [3.05, 3.63) is 29.8 Å². The first-order chi connectivity index (χ1) is 11.0. The number of aromatic nitrogens is 2. The minimum atomic E-state index is -0.238. The van der Waals surface area contributed by atoms with Crippen LogP contribution in [0.2, 0.25) is 0 Å². The van der Waals surface area contributed by atoms with E-state index in [1.165, 1.54) is 11.3 Å². The highest BCUT2D eigenvalue weighted by Crippen LogP contribution is 2.28. The lowest BCUT2D eigenvalue weighted by atomic mass is 10.2. The van der Waals surface area contributed by atoms with Gasteiger partial charge in [0.05, 0.1) is 11.7 Å². The maximum absolute atomic E-state index is 12.4. The molecular formula is C16H21N3O2S2. The summed E-state index contributed by atoms with van der Waals surface area (Å²) in [6, 6.07) is 7.19. The molecule has 0 fully saturated rings. The van der Waals surface area contributed by atoms with Gasteiger partial charge in [-0.1, -0.05) is 49.1 Å². The van der Waals surface area contributed by atoms with Crippen molar-refractivity contribution in [2.24, 2.45) is 5.92 Å². The van der Waals surface area contributed by atoms with Gasteiger partial charge in [-0.25, -0.2) is 0 Å². The number of rotatable bonds is 7. The van der Waals surface area contributed by atoms with Crippen molar-refractivity contribution in [2.45, 2.75) is 38.1 Å². The number of nitrogens with zero attached hydrogens (tertiary/aromatic N) is 2. The number of carbonyl (C=O) groups is 1. The fraction of sp³-hybridized carbons (Fsp3) is 0.438. The van der Waals surface area contributed by atoms with Crippen LogP contribution in [0.25, 0.3) is 0 Å². The maximum Gasteiger partial charge on any atom is 0.261 e. The highest BCUT2D eigenvalue weighted by Gasteiger charge is 2.15. The molecule has 124 valence electrons. The molecule has 0 saturated carbocycles.